The topological polar surface area (TPSA) is 57.7 Å². The van der Waals surface area contributed by atoms with Gasteiger partial charge in [-0.1, -0.05) is 0 Å². The first kappa shape index (κ1) is 17.2. The fourth-order valence-corrected chi connectivity index (χ4v) is 6.22. The molecule has 0 radical (unpaired) electrons. The molecule has 23 heavy (non-hydrogen) atoms. The highest BCUT2D eigenvalue weighted by Gasteiger charge is 2.48. The van der Waals surface area contributed by atoms with Crippen molar-refractivity contribution in [1.29, 1.82) is 0 Å². The van der Waals surface area contributed by atoms with Crippen molar-refractivity contribution in [2.45, 2.75) is 70.5 Å². The van der Waals surface area contributed by atoms with Crippen LogP contribution in [0.15, 0.2) is 0 Å². The second-order valence-corrected chi connectivity index (χ2v) is 10.4. The fourth-order valence-electron chi connectivity index (χ4n) is 4.72. The molecule has 0 aromatic rings. The zero-order valence-electron chi connectivity index (χ0n) is 14.6. The number of amides is 1. The third kappa shape index (κ3) is 3.90. The third-order valence-electron chi connectivity index (χ3n) is 5.84. The van der Waals surface area contributed by atoms with Crippen molar-refractivity contribution in [3.05, 3.63) is 0 Å². The SMILES string of the molecule is CC(C)N1[C@H]2CC[C@H]1CN(C(=O)CC1(CS(C)(=O)=O)CC1)CC2. The molecule has 3 rings (SSSR count). The molecule has 0 aromatic carbocycles. The van der Waals surface area contributed by atoms with E-state index in [1.807, 2.05) is 4.90 Å². The Labute approximate surface area is 140 Å². The van der Waals surface area contributed by atoms with Crippen molar-refractivity contribution in [1.82, 2.24) is 9.80 Å². The van der Waals surface area contributed by atoms with Gasteiger partial charge in [-0.25, -0.2) is 8.42 Å². The lowest BCUT2D eigenvalue weighted by atomic mass is 10.0. The lowest BCUT2D eigenvalue weighted by molar-refractivity contribution is -0.132. The molecule has 0 spiro atoms. The summed E-state index contributed by atoms with van der Waals surface area (Å²) in [6, 6.07) is 1.63. The number of sulfone groups is 1. The van der Waals surface area contributed by atoms with Gasteiger partial charge in [0, 0.05) is 43.9 Å². The minimum absolute atomic E-state index is 0.169. The summed E-state index contributed by atoms with van der Waals surface area (Å²) in [4.78, 5) is 17.4. The lowest BCUT2D eigenvalue weighted by Gasteiger charge is -2.32. The molecule has 0 N–H and O–H groups in total. The van der Waals surface area contributed by atoms with E-state index in [0.717, 1.165) is 32.4 Å². The first-order valence-electron chi connectivity index (χ1n) is 8.92. The molecule has 1 aliphatic carbocycles. The van der Waals surface area contributed by atoms with E-state index in [-0.39, 0.29) is 17.1 Å². The lowest BCUT2D eigenvalue weighted by Crippen LogP contribution is -2.44. The van der Waals surface area contributed by atoms with E-state index in [0.29, 0.717) is 24.5 Å². The quantitative estimate of drug-likeness (QED) is 0.763. The normalized spacial score (nSPS) is 30.5. The van der Waals surface area contributed by atoms with Crippen LogP contribution in [0.25, 0.3) is 0 Å². The number of hydrogen-bond acceptors (Lipinski definition) is 4. The van der Waals surface area contributed by atoms with Crippen molar-refractivity contribution >= 4 is 15.7 Å². The molecule has 1 saturated carbocycles. The summed E-state index contributed by atoms with van der Waals surface area (Å²) < 4.78 is 23.2. The number of rotatable bonds is 5. The van der Waals surface area contributed by atoms with Crippen molar-refractivity contribution < 1.29 is 13.2 Å². The fraction of sp³-hybridized carbons (Fsp3) is 0.941. The molecule has 3 fully saturated rings. The molecule has 6 heteroatoms. The van der Waals surface area contributed by atoms with E-state index in [2.05, 4.69) is 18.7 Å². The molecule has 2 atom stereocenters. The Hall–Kier alpha value is -0.620. The number of likely N-dealkylation sites (tertiary alicyclic amines) is 1. The van der Waals surface area contributed by atoms with Crippen LogP contribution in [0, 0.1) is 5.41 Å². The minimum Gasteiger partial charge on any atom is -0.341 e. The monoisotopic (exact) mass is 342 g/mol. The molecule has 2 saturated heterocycles. The summed E-state index contributed by atoms with van der Waals surface area (Å²) in [5, 5.41) is 0. The number of carbonyl (C=O) groups is 1. The molecule has 1 amide bonds. The number of fused-ring (bicyclic) bond motifs is 2. The maximum absolute atomic E-state index is 12.8. The Bertz CT molecular complexity index is 568. The molecule has 0 unspecified atom stereocenters. The largest absolute Gasteiger partial charge is 0.341 e. The van der Waals surface area contributed by atoms with Crippen LogP contribution in [-0.2, 0) is 14.6 Å². The van der Waals surface area contributed by atoms with E-state index in [1.165, 1.54) is 19.1 Å². The van der Waals surface area contributed by atoms with Gasteiger partial charge in [0.2, 0.25) is 5.91 Å². The molecule has 2 aliphatic heterocycles. The van der Waals surface area contributed by atoms with Crippen LogP contribution in [0.2, 0.25) is 0 Å². The predicted octanol–water partition coefficient (Wildman–Crippen LogP) is 1.67. The van der Waals surface area contributed by atoms with Gasteiger partial charge in [-0.05, 0) is 51.4 Å². The molecule has 3 aliphatic rings. The van der Waals surface area contributed by atoms with Crippen LogP contribution < -0.4 is 0 Å². The summed E-state index contributed by atoms with van der Waals surface area (Å²) in [5.41, 5.74) is -0.256. The van der Waals surface area contributed by atoms with Crippen LogP contribution in [0.1, 0.15) is 52.4 Å². The summed E-state index contributed by atoms with van der Waals surface area (Å²) in [6.45, 7) is 6.14. The maximum Gasteiger partial charge on any atom is 0.223 e. The second kappa shape index (κ2) is 6.03. The van der Waals surface area contributed by atoms with Gasteiger partial charge in [-0.15, -0.1) is 0 Å². The average Bonchev–Trinajstić information content (AvgIpc) is 3.02. The summed E-state index contributed by atoms with van der Waals surface area (Å²) >= 11 is 0. The Morgan fingerprint density at radius 3 is 2.39 bits per heavy atom. The summed E-state index contributed by atoms with van der Waals surface area (Å²) in [5.74, 6) is 0.339. The van der Waals surface area contributed by atoms with E-state index in [4.69, 9.17) is 0 Å². The highest BCUT2D eigenvalue weighted by Crippen LogP contribution is 2.50. The number of carbonyl (C=O) groups excluding carboxylic acids is 1. The van der Waals surface area contributed by atoms with E-state index >= 15 is 0 Å². The maximum atomic E-state index is 12.8. The molecule has 2 heterocycles. The van der Waals surface area contributed by atoms with E-state index in [1.54, 1.807) is 0 Å². The minimum atomic E-state index is -3.01. The molecule has 132 valence electrons. The van der Waals surface area contributed by atoms with Crippen molar-refractivity contribution in [3.8, 4) is 0 Å². The van der Waals surface area contributed by atoms with Crippen LogP contribution in [-0.4, -0.2) is 67.3 Å². The first-order chi connectivity index (χ1) is 10.7. The Kier molecular flexibility index (Phi) is 4.51. The molecular formula is C17H30N2O3S. The Morgan fingerprint density at radius 1 is 1.17 bits per heavy atom. The van der Waals surface area contributed by atoms with Gasteiger partial charge in [-0.2, -0.15) is 0 Å². The molecule has 5 nitrogen and oxygen atoms in total. The molecule has 0 aromatic heterocycles. The van der Waals surface area contributed by atoms with Gasteiger partial charge in [-0.3, -0.25) is 9.69 Å². The van der Waals surface area contributed by atoms with Gasteiger partial charge >= 0.3 is 0 Å². The van der Waals surface area contributed by atoms with E-state index < -0.39 is 9.84 Å². The van der Waals surface area contributed by atoms with E-state index in [9.17, 15) is 13.2 Å². The molecular weight excluding hydrogens is 312 g/mol. The zero-order chi connectivity index (χ0) is 16.8. The van der Waals surface area contributed by atoms with Crippen LogP contribution >= 0.6 is 0 Å². The highest BCUT2D eigenvalue weighted by molar-refractivity contribution is 7.90. The average molecular weight is 343 g/mol. The van der Waals surface area contributed by atoms with Gasteiger partial charge < -0.3 is 4.90 Å². The van der Waals surface area contributed by atoms with Crippen LogP contribution in [0.5, 0.6) is 0 Å². The standard InChI is InChI=1S/C17H30N2O3S/c1-13(2)19-14-4-5-15(19)11-18(9-6-14)16(20)10-17(7-8-17)12-23(3,21)22/h13-15H,4-12H2,1-3H3/t14-,15-/m0/s1. The summed E-state index contributed by atoms with van der Waals surface area (Å²) in [7, 11) is -3.01. The molecule has 2 bridgehead atoms. The Balaban J connectivity index is 1.63. The third-order valence-corrected chi connectivity index (χ3v) is 6.98. The van der Waals surface area contributed by atoms with Gasteiger partial charge in [0.05, 0.1) is 5.75 Å². The van der Waals surface area contributed by atoms with Gasteiger partial charge in [0.1, 0.15) is 9.84 Å². The first-order valence-corrected chi connectivity index (χ1v) is 11.0. The van der Waals surface area contributed by atoms with Crippen molar-refractivity contribution in [2.24, 2.45) is 5.41 Å². The predicted molar refractivity (Wildman–Crippen MR) is 91.0 cm³/mol. The van der Waals surface area contributed by atoms with Crippen molar-refractivity contribution in [2.75, 3.05) is 25.1 Å². The van der Waals surface area contributed by atoms with Gasteiger partial charge in [0.15, 0.2) is 0 Å². The zero-order valence-corrected chi connectivity index (χ0v) is 15.4. The van der Waals surface area contributed by atoms with Crippen molar-refractivity contribution in [3.63, 3.8) is 0 Å². The number of nitrogens with zero attached hydrogens (tertiary/aromatic N) is 2. The van der Waals surface area contributed by atoms with Crippen LogP contribution in [0.3, 0.4) is 0 Å². The van der Waals surface area contributed by atoms with Gasteiger partial charge in [0.25, 0.3) is 0 Å². The highest BCUT2D eigenvalue weighted by atomic mass is 32.2. The Morgan fingerprint density at radius 2 is 1.83 bits per heavy atom. The van der Waals surface area contributed by atoms with Crippen LogP contribution in [0.4, 0.5) is 0 Å². The summed E-state index contributed by atoms with van der Waals surface area (Å²) in [6.07, 6.45) is 6.94. The smallest absolute Gasteiger partial charge is 0.223 e. The number of hydrogen-bond donors (Lipinski definition) is 0. The second-order valence-electron chi connectivity index (χ2n) is 8.30.